The fourth-order valence-electron chi connectivity index (χ4n) is 2.36. The summed E-state index contributed by atoms with van der Waals surface area (Å²) in [5, 5.41) is 31.5. The predicted octanol–water partition coefficient (Wildman–Crippen LogP) is 4.24. The first-order chi connectivity index (χ1) is 12.8. The van der Waals surface area contributed by atoms with Crippen molar-refractivity contribution in [2.24, 2.45) is 7.05 Å². The van der Waals surface area contributed by atoms with Crippen molar-refractivity contribution in [1.82, 2.24) is 14.8 Å². The average molecular weight is 406 g/mol. The molecule has 0 aliphatic heterocycles. The number of hydrogen-bond acceptors (Lipinski definition) is 7. The molecule has 138 valence electrons. The summed E-state index contributed by atoms with van der Waals surface area (Å²) < 4.78 is 1.64. The van der Waals surface area contributed by atoms with Crippen LogP contribution in [0.25, 0.3) is 11.4 Å². The van der Waals surface area contributed by atoms with Crippen molar-refractivity contribution in [3.8, 4) is 11.4 Å². The Labute approximate surface area is 162 Å². The molecule has 0 radical (unpaired) electrons. The van der Waals surface area contributed by atoms with E-state index in [-0.39, 0.29) is 16.9 Å². The van der Waals surface area contributed by atoms with Crippen LogP contribution in [0.2, 0.25) is 5.02 Å². The average Bonchev–Trinajstić information content (AvgIpc) is 3.01. The molecule has 3 aromatic rings. The molecule has 0 amide bonds. The van der Waals surface area contributed by atoms with Crippen LogP contribution in [0.5, 0.6) is 0 Å². The second-order valence-electron chi connectivity index (χ2n) is 5.53. The fourth-order valence-corrected chi connectivity index (χ4v) is 3.35. The van der Waals surface area contributed by atoms with E-state index in [1.54, 1.807) is 23.7 Å². The number of hydrogen-bond donors (Lipinski definition) is 0. The van der Waals surface area contributed by atoms with Crippen LogP contribution in [0.4, 0.5) is 11.4 Å². The van der Waals surface area contributed by atoms with Gasteiger partial charge in [0, 0.05) is 35.5 Å². The highest BCUT2D eigenvalue weighted by Gasteiger charge is 2.20. The molecule has 3 rings (SSSR count). The minimum Gasteiger partial charge on any atom is -0.305 e. The topological polar surface area (TPSA) is 117 Å². The fraction of sp³-hybridized carbons (Fsp3) is 0.125. The molecule has 2 aromatic carbocycles. The zero-order chi connectivity index (χ0) is 19.6. The summed E-state index contributed by atoms with van der Waals surface area (Å²) in [6.45, 7) is 0. The summed E-state index contributed by atoms with van der Waals surface area (Å²) in [4.78, 5) is 20.8. The van der Waals surface area contributed by atoms with Crippen LogP contribution in [0.15, 0.2) is 47.6 Å². The maximum Gasteiger partial charge on any atom is 0.277 e. The third kappa shape index (κ3) is 4.23. The van der Waals surface area contributed by atoms with Crippen molar-refractivity contribution in [1.29, 1.82) is 0 Å². The van der Waals surface area contributed by atoms with Crippen LogP contribution < -0.4 is 0 Å². The molecule has 0 spiro atoms. The number of nitro groups is 2. The van der Waals surface area contributed by atoms with Gasteiger partial charge in [0.05, 0.1) is 15.9 Å². The molecular formula is C16H12ClN5O4S. The second kappa shape index (κ2) is 7.72. The first kappa shape index (κ1) is 18.8. The SMILES string of the molecule is Cn1c(SCc2ccc(Cl)cc2)nnc1-c1cc([N+](=O)[O-])cc([N+](=O)[O-])c1. The molecule has 0 fully saturated rings. The molecule has 0 atom stereocenters. The molecule has 0 saturated heterocycles. The molecular weight excluding hydrogens is 394 g/mol. The smallest absolute Gasteiger partial charge is 0.277 e. The van der Waals surface area contributed by atoms with Gasteiger partial charge in [-0.3, -0.25) is 20.2 Å². The molecule has 0 unspecified atom stereocenters. The third-order valence-corrected chi connectivity index (χ3v) is 5.04. The molecule has 0 aliphatic carbocycles. The Morgan fingerprint density at radius 1 is 1.04 bits per heavy atom. The zero-order valence-corrected chi connectivity index (χ0v) is 15.5. The number of non-ortho nitro benzene ring substituents is 2. The first-order valence-corrected chi connectivity index (χ1v) is 8.92. The lowest BCUT2D eigenvalue weighted by Crippen LogP contribution is -1.98. The van der Waals surface area contributed by atoms with Crippen LogP contribution in [-0.4, -0.2) is 24.6 Å². The maximum atomic E-state index is 11.1. The van der Waals surface area contributed by atoms with Crippen molar-refractivity contribution < 1.29 is 9.85 Å². The van der Waals surface area contributed by atoms with Gasteiger partial charge in [0.25, 0.3) is 11.4 Å². The Hall–Kier alpha value is -2.98. The predicted molar refractivity (Wildman–Crippen MR) is 101 cm³/mol. The van der Waals surface area contributed by atoms with E-state index in [1.165, 1.54) is 23.9 Å². The summed E-state index contributed by atoms with van der Waals surface area (Å²) in [6, 6.07) is 10.8. The molecule has 27 heavy (non-hydrogen) atoms. The van der Waals surface area contributed by atoms with Gasteiger partial charge in [0.15, 0.2) is 11.0 Å². The van der Waals surface area contributed by atoms with Crippen LogP contribution >= 0.6 is 23.4 Å². The van der Waals surface area contributed by atoms with Gasteiger partial charge in [-0.1, -0.05) is 35.5 Å². The molecule has 1 heterocycles. The van der Waals surface area contributed by atoms with Gasteiger partial charge in [-0.05, 0) is 17.7 Å². The normalized spacial score (nSPS) is 10.7. The number of benzene rings is 2. The van der Waals surface area contributed by atoms with Gasteiger partial charge >= 0.3 is 0 Å². The molecule has 11 heteroatoms. The van der Waals surface area contributed by atoms with Crippen LogP contribution in [0, 0.1) is 20.2 Å². The highest BCUT2D eigenvalue weighted by atomic mass is 35.5. The lowest BCUT2D eigenvalue weighted by Gasteiger charge is -2.05. The molecule has 0 aliphatic rings. The molecule has 0 bridgehead atoms. The number of nitrogens with zero attached hydrogens (tertiary/aromatic N) is 5. The van der Waals surface area contributed by atoms with E-state index in [2.05, 4.69) is 10.2 Å². The molecule has 9 nitrogen and oxygen atoms in total. The highest BCUT2D eigenvalue weighted by Crippen LogP contribution is 2.31. The van der Waals surface area contributed by atoms with E-state index in [4.69, 9.17) is 11.6 Å². The molecule has 0 saturated carbocycles. The Kier molecular flexibility index (Phi) is 5.38. The Morgan fingerprint density at radius 2 is 1.63 bits per heavy atom. The van der Waals surface area contributed by atoms with Gasteiger partial charge < -0.3 is 4.57 Å². The summed E-state index contributed by atoms with van der Waals surface area (Å²) in [7, 11) is 1.70. The Bertz CT molecular complexity index is 990. The number of halogens is 1. The van der Waals surface area contributed by atoms with Crippen molar-refractivity contribution in [2.45, 2.75) is 10.9 Å². The van der Waals surface area contributed by atoms with Crippen LogP contribution in [-0.2, 0) is 12.8 Å². The second-order valence-corrected chi connectivity index (χ2v) is 6.91. The van der Waals surface area contributed by atoms with Gasteiger partial charge in [-0.15, -0.1) is 10.2 Å². The van der Waals surface area contributed by atoms with Crippen molar-refractivity contribution in [3.05, 3.63) is 73.3 Å². The van der Waals surface area contributed by atoms with E-state index in [0.717, 1.165) is 11.6 Å². The summed E-state index contributed by atoms with van der Waals surface area (Å²) in [6.07, 6.45) is 0. The third-order valence-electron chi connectivity index (χ3n) is 3.70. The lowest BCUT2D eigenvalue weighted by molar-refractivity contribution is -0.394. The van der Waals surface area contributed by atoms with Gasteiger partial charge in [0.1, 0.15) is 0 Å². The van der Waals surface area contributed by atoms with Crippen molar-refractivity contribution in [2.75, 3.05) is 0 Å². The van der Waals surface area contributed by atoms with Gasteiger partial charge in [-0.25, -0.2) is 0 Å². The molecule has 1 aromatic heterocycles. The first-order valence-electron chi connectivity index (χ1n) is 7.56. The number of nitro benzene ring substituents is 2. The lowest BCUT2D eigenvalue weighted by atomic mass is 10.1. The Balaban J connectivity index is 1.89. The maximum absolute atomic E-state index is 11.1. The minimum absolute atomic E-state index is 0.254. The number of rotatable bonds is 6. The van der Waals surface area contributed by atoms with Crippen LogP contribution in [0.3, 0.4) is 0 Å². The quantitative estimate of drug-likeness (QED) is 0.342. The largest absolute Gasteiger partial charge is 0.305 e. The summed E-state index contributed by atoms with van der Waals surface area (Å²) in [5.74, 6) is 0.929. The number of aromatic nitrogens is 3. The van der Waals surface area contributed by atoms with Crippen molar-refractivity contribution >= 4 is 34.7 Å². The van der Waals surface area contributed by atoms with E-state index in [9.17, 15) is 20.2 Å². The minimum atomic E-state index is -0.678. The zero-order valence-electron chi connectivity index (χ0n) is 13.9. The van der Waals surface area contributed by atoms with Gasteiger partial charge in [-0.2, -0.15) is 0 Å². The standard InChI is InChI=1S/C16H12ClN5O4S/c1-20-15(11-6-13(21(23)24)8-14(7-11)22(25)26)18-19-16(20)27-9-10-2-4-12(17)5-3-10/h2-8H,9H2,1H3. The Morgan fingerprint density at radius 3 is 2.19 bits per heavy atom. The van der Waals surface area contributed by atoms with E-state index < -0.39 is 9.85 Å². The van der Waals surface area contributed by atoms with Gasteiger partial charge in [0.2, 0.25) is 0 Å². The highest BCUT2D eigenvalue weighted by molar-refractivity contribution is 7.98. The number of thioether (sulfide) groups is 1. The van der Waals surface area contributed by atoms with E-state index in [0.29, 0.717) is 21.8 Å². The van der Waals surface area contributed by atoms with E-state index >= 15 is 0 Å². The summed E-state index contributed by atoms with van der Waals surface area (Å²) >= 11 is 7.29. The van der Waals surface area contributed by atoms with E-state index in [1.807, 2.05) is 12.1 Å². The monoisotopic (exact) mass is 405 g/mol. The summed E-state index contributed by atoms with van der Waals surface area (Å²) in [5.41, 5.74) is 0.541. The van der Waals surface area contributed by atoms with Crippen LogP contribution in [0.1, 0.15) is 5.56 Å². The van der Waals surface area contributed by atoms with Crippen molar-refractivity contribution in [3.63, 3.8) is 0 Å². The molecule has 0 N–H and O–H groups in total.